The summed E-state index contributed by atoms with van der Waals surface area (Å²) in [5, 5.41) is 13.5. The molecule has 0 aliphatic carbocycles. The summed E-state index contributed by atoms with van der Waals surface area (Å²) >= 11 is 0. The number of pyridine rings is 1. The van der Waals surface area contributed by atoms with Crippen LogP contribution in [-0.4, -0.2) is 19.9 Å². The maximum Gasteiger partial charge on any atom is 0.134 e. The first kappa shape index (κ1) is 8.74. The van der Waals surface area contributed by atoms with Crippen molar-refractivity contribution >= 4 is 0 Å². The summed E-state index contributed by atoms with van der Waals surface area (Å²) in [7, 11) is 1.87. The van der Waals surface area contributed by atoms with Crippen molar-refractivity contribution < 1.29 is 5.11 Å². The van der Waals surface area contributed by atoms with Gasteiger partial charge in [0, 0.05) is 30.6 Å². The Bertz CT molecular complexity index is 462. The highest BCUT2D eigenvalue weighted by Crippen LogP contribution is 2.23. The summed E-state index contributed by atoms with van der Waals surface area (Å²) < 4.78 is 1.74. The van der Waals surface area contributed by atoms with Crippen molar-refractivity contribution in [3.8, 4) is 16.9 Å². The van der Waals surface area contributed by atoms with Crippen molar-refractivity contribution in [3.05, 3.63) is 30.4 Å². The van der Waals surface area contributed by atoms with Gasteiger partial charge in [-0.3, -0.25) is 9.67 Å². The molecule has 72 valence electrons. The zero-order valence-electron chi connectivity index (χ0n) is 8.10. The minimum absolute atomic E-state index is 0.172. The van der Waals surface area contributed by atoms with Crippen LogP contribution in [0.5, 0.6) is 5.75 Å². The number of nitrogens with zero attached hydrogens (tertiary/aromatic N) is 3. The molecule has 14 heavy (non-hydrogen) atoms. The van der Waals surface area contributed by atoms with Gasteiger partial charge >= 0.3 is 0 Å². The molecule has 0 bridgehead atoms. The van der Waals surface area contributed by atoms with Gasteiger partial charge in [0.1, 0.15) is 5.75 Å². The molecule has 4 nitrogen and oxygen atoms in total. The number of rotatable bonds is 1. The number of aromatic nitrogens is 3. The third-order valence-electron chi connectivity index (χ3n) is 2.05. The smallest absolute Gasteiger partial charge is 0.134 e. The summed E-state index contributed by atoms with van der Waals surface area (Å²) in [6, 6.07) is 1.68. The van der Waals surface area contributed by atoms with Gasteiger partial charge in [0.25, 0.3) is 0 Å². The second-order valence-corrected chi connectivity index (χ2v) is 3.23. The Morgan fingerprint density at radius 1 is 1.36 bits per heavy atom. The molecule has 0 unspecified atom stereocenters. The molecule has 0 amide bonds. The van der Waals surface area contributed by atoms with Crippen LogP contribution < -0.4 is 0 Å². The second kappa shape index (κ2) is 3.14. The molecule has 0 aliphatic rings. The van der Waals surface area contributed by atoms with Crippen LogP contribution in [0.1, 0.15) is 5.69 Å². The van der Waals surface area contributed by atoms with Gasteiger partial charge in [0.15, 0.2) is 0 Å². The highest BCUT2D eigenvalue weighted by atomic mass is 16.3. The van der Waals surface area contributed by atoms with Crippen molar-refractivity contribution in [2.24, 2.45) is 7.05 Å². The first-order valence-electron chi connectivity index (χ1n) is 4.31. The Labute approximate surface area is 81.8 Å². The molecule has 0 aromatic carbocycles. The average Bonchev–Trinajstić information content (AvgIpc) is 2.45. The topological polar surface area (TPSA) is 50.9 Å². The van der Waals surface area contributed by atoms with Gasteiger partial charge in [0.2, 0.25) is 0 Å². The zero-order valence-corrected chi connectivity index (χ0v) is 8.10. The Morgan fingerprint density at radius 3 is 2.71 bits per heavy atom. The molecule has 2 heterocycles. The standard InChI is InChI=1S/C10H11N3O/c1-7-10(6-13(2)12-7)8-3-9(14)5-11-4-8/h3-6,14H,1-2H3. The molecule has 0 radical (unpaired) electrons. The van der Waals surface area contributed by atoms with Crippen molar-refractivity contribution in [3.63, 3.8) is 0 Å². The van der Waals surface area contributed by atoms with Gasteiger partial charge in [-0.25, -0.2) is 0 Å². The van der Waals surface area contributed by atoms with Crippen molar-refractivity contribution in [2.75, 3.05) is 0 Å². The van der Waals surface area contributed by atoms with E-state index in [2.05, 4.69) is 10.1 Å². The van der Waals surface area contributed by atoms with Gasteiger partial charge in [-0.1, -0.05) is 0 Å². The quantitative estimate of drug-likeness (QED) is 0.739. The second-order valence-electron chi connectivity index (χ2n) is 3.23. The normalized spacial score (nSPS) is 10.4. The van der Waals surface area contributed by atoms with E-state index < -0.39 is 0 Å². The van der Waals surface area contributed by atoms with E-state index in [1.807, 2.05) is 20.2 Å². The van der Waals surface area contributed by atoms with Crippen LogP contribution in [-0.2, 0) is 7.05 Å². The van der Waals surface area contributed by atoms with Crippen LogP contribution in [0.3, 0.4) is 0 Å². The molecule has 0 aliphatic heterocycles. The average molecular weight is 189 g/mol. The van der Waals surface area contributed by atoms with Crippen LogP contribution in [0, 0.1) is 6.92 Å². The van der Waals surface area contributed by atoms with E-state index in [-0.39, 0.29) is 5.75 Å². The van der Waals surface area contributed by atoms with Gasteiger partial charge in [0.05, 0.1) is 11.9 Å². The molecule has 2 aromatic heterocycles. The summed E-state index contributed by atoms with van der Waals surface area (Å²) in [5.41, 5.74) is 2.81. The molecule has 1 N–H and O–H groups in total. The Kier molecular flexibility index (Phi) is 1.96. The first-order chi connectivity index (χ1) is 6.66. The number of hydrogen-bond donors (Lipinski definition) is 1. The van der Waals surface area contributed by atoms with E-state index in [1.165, 1.54) is 6.20 Å². The summed E-state index contributed by atoms with van der Waals surface area (Å²) in [5.74, 6) is 0.172. The predicted octanol–water partition coefficient (Wildman–Crippen LogP) is 1.50. The van der Waals surface area contributed by atoms with Gasteiger partial charge in [-0.15, -0.1) is 0 Å². The number of hydrogen-bond acceptors (Lipinski definition) is 3. The largest absolute Gasteiger partial charge is 0.506 e. The van der Waals surface area contributed by atoms with Crippen LogP contribution in [0.25, 0.3) is 11.1 Å². The molecule has 2 rings (SSSR count). The van der Waals surface area contributed by atoms with Crippen molar-refractivity contribution in [2.45, 2.75) is 6.92 Å². The van der Waals surface area contributed by atoms with E-state index in [0.717, 1.165) is 16.8 Å². The van der Waals surface area contributed by atoms with Crippen LogP contribution in [0.2, 0.25) is 0 Å². The Hall–Kier alpha value is -1.84. The summed E-state index contributed by atoms with van der Waals surface area (Å²) in [6.07, 6.45) is 5.03. The molecule has 0 spiro atoms. The lowest BCUT2D eigenvalue weighted by molar-refractivity contribution is 0.473. The molecular weight excluding hydrogens is 178 g/mol. The van der Waals surface area contributed by atoms with Gasteiger partial charge in [-0.05, 0) is 13.0 Å². The van der Waals surface area contributed by atoms with Crippen LogP contribution in [0.4, 0.5) is 0 Å². The zero-order chi connectivity index (χ0) is 10.1. The third kappa shape index (κ3) is 1.46. The van der Waals surface area contributed by atoms with E-state index in [1.54, 1.807) is 16.9 Å². The Balaban J connectivity index is 2.54. The summed E-state index contributed by atoms with van der Waals surface area (Å²) in [4.78, 5) is 3.92. The van der Waals surface area contributed by atoms with E-state index in [4.69, 9.17) is 0 Å². The fourth-order valence-electron chi connectivity index (χ4n) is 1.46. The highest BCUT2D eigenvalue weighted by Gasteiger charge is 2.06. The minimum atomic E-state index is 0.172. The molecule has 2 aromatic rings. The first-order valence-corrected chi connectivity index (χ1v) is 4.31. The van der Waals surface area contributed by atoms with E-state index in [0.29, 0.717) is 0 Å². The van der Waals surface area contributed by atoms with Gasteiger partial charge in [-0.2, -0.15) is 5.10 Å². The van der Waals surface area contributed by atoms with Crippen molar-refractivity contribution in [1.29, 1.82) is 0 Å². The SMILES string of the molecule is Cc1nn(C)cc1-c1cncc(O)c1. The molecule has 0 fully saturated rings. The molecule has 0 atom stereocenters. The minimum Gasteiger partial charge on any atom is -0.506 e. The lowest BCUT2D eigenvalue weighted by Crippen LogP contribution is -1.86. The lowest BCUT2D eigenvalue weighted by atomic mass is 10.1. The molecule has 4 heteroatoms. The number of aromatic hydroxyl groups is 1. The van der Waals surface area contributed by atoms with Crippen LogP contribution in [0.15, 0.2) is 24.7 Å². The maximum atomic E-state index is 9.28. The molecule has 0 saturated carbocycles. The summed E-state index contributed by atoms with van der Waals surface area (Å²) in [6.45, 7) is 1.93. The molecular formula is C10H11N3O. The molecule has 0 saturated heterocycles. The fourth-order valence-corrected chi connectivity index (χ4v) is 1.46. The highest BCUT2D eigenvalue weighted by molar-refractivity contribution is 5.65. The van der Waals surface area contributed by atoms with E-state index >= 15 is 0 Å². The Morgan fingerprint density at radius 2 is 2.14 bits per heavy atom. The third-order valence-corrected chi connectivity index (χ3v) is 2.05. The maximum absolute atomic E-state index is 9.28. The van der Waals surface area contributed by atoms with Gasteiger partial charge < -0.3 is 5.11 Å². The number of aryl methyl sites for hydroxylation is 2. The monoisotopic (exact) mass is 189 g/mol. The predicted molar refractivity (Wildman–Crippen MR) is 52.8 cm³/mol. The van der Waals surface area contributed by atoms with Crippen molar-refractivity contribution in [1.82, 2.24) is 14.8 Å². The lowest BCUT2D eigenvalue weighted by Gasteiger charge is -1.98. The van der Waals surface area contributed by atoms with Crippen LogP contribution >= 0.6 is 0 Å². The fraction of sp³-hybridized carbons (Fsp3) is 0.200. The van der Waals surface area contributed by atoms with E-state index in [9.17, 15) is 5.11 Å².